The van der Waals surface area contributed by atoms with Crippen LogP contribution < -0.4 is 5.56 Å². The molecule has 5 rings (SSSR count). The second-order valence-electron chi connectivity index (χ2n) is 5.40. The standard InChI is InChI=1S/C18H11N3O/c22-18-13-6-2-4-8-15(13)20-17-16-12(9-10-21(17)18)11-5-1-3-7-14(11)19-16/h1-10,19H. The van der Waals surface area contributed by atoms with Crippen LogP contribution >= 0.6 is 0 Å². The Labute approximate surface area is 124 Å². The van der Waals surface area contributed by atoms with Crippen LogP contribution in [-0.4, -0.2) is 14.4 Å². The van der Waals surface area contributed by atoms with Gasteiger partial charge in [-0.15, -0.1) is 0 Å². The van der Waals surface area contributed by atoms with Gasteiger partial charge in [0.05, 0.1) is 16.4 Å². The Morgan fingerprint density at radius 3 is 2.55 bits per heavy atom. The number of aromatic nitrogens is 3. The van der Waals surface area contributed by atoms with E-state index >= 15 is 0 Å². The second kappa shape index (κ2) is 3.95. The number of fused-ring (bicyclic) bond motifs is 6. The molecule has 2 aromatic carbocycles. The highest BCUT2D eigenvalue weighted by Gasteiger charge is 2.11. The summed E-state index contributed by atoms with van der Waals surface area (Å²) in [6, 6.07) is 17.5. The number of pyridine rings is 1. The van der Waals surface area contributed by atoms with Gasteiger partial charge in [0, 0.05) is 22.5 Å². The van der Waals surface area contributed by atoms with Gasteiger partial charge in [0.25, 0.3) is 5.56 Å². The highest BCUT2D eigenvalue weighted by atomic mass is 16.1. The summed E-state index contributed by atoms with van der Waals surface area (Å²) in [6.45, 7) is 0. The predicted molar refractivity (Wildman–Crippen MR) is 88.3 cm³/mol. The third kappa shape index (κ3) is 1.36. The largest absolute Gasteiger partial charge is 0.351 e. The maximum atomic E-state index is 12.7. The summed E-state index contributed by atoms with van der Waals surface area (Å²) >= 11 is 0. The molecule has 0 saturated carbocycles. The Morgan fingerprint density at radius 1 is 0.864 bits per heavy atom. The Hall–Kier alpha value is -3.14. The molecule has 5 aromatic rings. The van der Waals surface area contributed by atoms with Crippen molar-refractivity contribution < 1.29 is 0 Å². The summed E-state index contributed by atoms with van der Waals surface area (Å²) in [5.74, 6) is 0. The van der Waals surface area contributed by atoms with Crippen molar-refractivity contribution in [1.82, 2.24) is 14.4 Å². The van der Waals surface area contributed by atoms with Gasteiger partial charge in [-0.2, -0.15) is 0 Å². The van der Waals surface area contributed by atoms with Crippen molar-refractivity contribution in [1.29, 1.82) is 0 Å². The molecule has 104 valence electrons. The first kappa shape index (κ1) is 11.5. The summed E-state index contributed by atoms with van der Waals surface area (Å²) in [5, 5.41) is 2.86. The van der Waals surface area contributed by atoms with E-state index in [9.17, 15) is 4.79 Å². The Balaban J connectivity index is 2.10. The predicted octanol–water partition coefficient (Wildman–Crippen LogP) is 3.48. The molecule has 0 aliphatic heterocycles. The van der Waals surface area contributed by atoms with Crippen molar-refractivity contribution in [3.05, 3.63) is 71.1 Å². The number of rotatable bonds is 0. The van der Waals surface area contributed by atoms with E-state index in [0.29, 0.717) is 11.0 Å². The summed E-state index contributed by atoms with van der Waals surface area (Å²) in [4.78, 5) is 20.7. The first-order chi connectivity index (χ1) is 10.8. The average Bonchev–Trinajstić information content (AvgIpc) is 2.94. The normalized spacial score (nSPS) is 11.8. The molecule has 0 atom stereocenters. The van der Waals surface area contributed by atoms with Gasteiger partial charge < -0.3 is 4.98 Å². The maximum Gasteiger partial charge on any atom is 0.265 e. The number of hydrogen-bond donors (Lipinski definition) is 1. The molecular weight excluding hydrogens is 274 g/mol. The molecule has 0 radical (unpaired) electrons. The second-order valence-corrected chi connectivity index (χ2v) is 5.40. The van der Waals surface area contributed by atoms with Gasteiger partial charge in [0.1, 0.15) is 0 Å². The van der Waals surface area contributed by atoms with E-state index in [1.54, 1.807) is 10.6 Å². The van der Waals surface area contributed by atoms with Crippen LogP contribution in [0.4, 0.5) is 0 Å². The molecule has 3 aromatic heterocycles. The smallest absolute Gasteiger partial charge is 0.265 e. The number of aromatic amines is 1. The van der Waals surface area contributed by atoms with Crippen LogP contribution in [0.15, 0.2) is 65.6 Å². The molecule has 0 amide bonds. The minimum atomic E-state index is -0.0406. The molecular formula is C18H11N3O. The van der Waals surface area contributed by atoms with Gasteiger partial charge in [0.2, 0.25) is 0 Å². The summed E-state index contributed by atoms with van der Waals surface area (Å²) < 4.78 is 1.61. The minimum Gasteiger partial charge on any atom is -0.351 e. The van der Waals surface area contributed by atoms with Crippen LogP contribution in [-0.2, 0) is 0 Å². The first-order valence-corrected chi connectivity index (χ1v) is 7.13. The zero-order valence-corrected chi connectivity index (χ0v) is 11.6. The van der Waals surface area contributed by atoms with E-state index in [0.717, 1.165) is 27.3 Å². The summed E-state index contributed by atoms with van der Waals surface area (Å²) in [6.07, 6.45) is 1.81. The van der Waals surface area contributed by atoms with Crippen LogP contribution in [0.3, 0.4) is 0 Å². The highest BCUT2D eigenvalue weighted by molar-refractivity contribution is 6.11. The van der Waals surface area contributed by atoms with Gasteiger partial charge in [-0.05, 0) is 24.3 Å². The van der Waals surface area contributed by atoms with Crippen molar-refractivity contribution >= 4 is 38.4 Å². The summed E-state index contributed by atoms with van der Waals surface area (Å²) in [5.41, 5.74) is 3.29. The van der Waals surface area contributed by atoms with E-state index < -0.39 is 0 Å². The van der Waals surface area contributed by atoms with Crippen LogP contribution in [0.25, 0.3) is 38.4 Å². The Bertz CT molecular complexity index is 1250. The van der Waals surface area contributed by atoms with Gasteiger partial charge in [-0.1, -0.05) is 30.3 Å². The van der Waals surface area contributed by atoms with Gasteiger partial charge in [-0.25, -0.2) is 4.98 Å². The topological polar surface area (TPSA) is 50.2 Å². The van der Waals surface area contributed by atoms with Gasteiger partial charge >= 0.3 is 0 Å². The number of nitrogens with one attached hydrogen (secondary N) is 1. The SMILES string of the molecule is O=c1c2ccccc2nc2c3[nH]c4ccccc4c3ccn12. The first-order valence-electron chi connectivity index (χ1n) is 7.13. The molecule has 0 aliphatic rings. The van der Waals surface area contributed by atoms with Crippen LogP contribution in [0.2, 0.25) is 0 Å². The molecule has 0 spiro atoms. The molecule has 0 unspecified atom stereocenters. The van der Waals surface area contributed by atoms with Crippen molar-refractivity contribution in [3.8, 4) is 0 Å². The lowest BCUT2D eigenvalue weighted by Gasteiger charge is -2.04. The lowest BCUT2D eigenvalue weighted by Crippen LogP contribution is -2.15. The molecule has 22 heavy (non-hydrogen) atoms. The van der Waals surface area contributed by atoms with E-state index in [1.807, 2.05) is 48.5 Å². The molecule has 0 aliphatic carbocycles. The fourth-order valence-corrected chi connectivity index (χ4v) is 3.12. The quantitative estimate of drug-likeness (QED) is 0.443. The van der Waals surface area contributed by atoms with Gasteiger partial charge in [-0.3, -0.25) is 9.20 Å². The molecule has 4 nitrogen and oxygen atoms in total. The van der Waals surface area contributed by atoms with Crippen molar-refractivity contribution in [2.75, 3.05) is 0 Å². The third-order valence-electron chi connectivity index (χ3n) is 4.17. The third-order valence-corrected chi connectivity index (χ3v) is 4.17. The van der Waals surface area contributed by atoms with Crippen molar-refractivity contribution in [2.24, 2.45) is 0 Å². The molecule has 4 heteroatoms. The Morgan fingerprint density at radius 2 is 1.64 bits per heavy atom. The Kier molecular flexibility index (Phi) is 2.07. The average molecular weight is 285 g/mol. The van der Waals surface area contributed by atoms with E-state index in [1.165, 1.54) is 0 Å². The van der Waals surface area contributed by atoms with Crippen LogP contribution in [0, 0.1) is 0 Å². The molecule has 0 bridgehead atoms. The lowest BCUT2D eigenvalue weighted by atomic mass is 10.2. The molecule has 3 heterocycles. The van der Waals surface area contributed by atoms with E-state index in [2.05, 4.69) is 11.1 Å². The number of hydrogen-bond acceptors (Lipinski definition) is 2. The fraction of sp³-hybridized carbons (Fsp3) is 0. The lowest BCUT2D eigenvalue weighted by molar-refractivity contribution is 1.09. The number of benzene rings is 2. The minimum absolute atomic E-state index is 0.0406. The maximum absolute atomic E-state index is 12.7. The molecule has 0 fully saturated rings. The number of para-hydroxylation sites is 2. The van der Waals surface area contributed by atoms with Crippen molar-refractivity contribution in [2.45, 2.75) is 0 Å². The summed E-state index contributed by atoms with van der Waals surface area (Å²) in [7, 11) is 0. The molecule has 0 saturated heterocycles. The number of H-pyrrole nitrogens is 1. The van der Waals surface area contributed by atoms with E-state index in [-0.39, 0.29) is 5.56 Å². The van der Waals surface area contributed by atoms with Gasteiger partial charge in [0.15, 0.2) is 5.65 Å². The monoisotopic (exact) mass is 285 g/mol. The zero-order chi connectivity index (χ0) is 14.7. The van der Waals surface area contributed by atoms with Crippen LogP contribution in [0.1, 0.15) is 0 Å². The van der Waals surface area contributed by atoms with Crippen molar-refractivity contribution in [3.63, 3.8) is 0 Å². The van der Waals surface area contributed by atoms with E-state index in [4.69, 9.17) is 4.98 Å². The zero-order valence-electron chi connectivity index (χ0n) is 11.6. The highest BCUT2D eigenvalue weighted by Crippen LogP contribution is 2.27. The number of nitrogens with zero attached hydrogens (tertiary/aromatic N) is 2. The fourth-order valence-electron chi connectivity index (χ4n) is 3.12. The van der Waals surface area contributed by atoms with Crippen LogP contribution in [0.5, 0.6) is 0 Å². The molecule has 1 N–H and O–H groups in total.